The Morgan fingerprint density at radius 3 is 2.65 bits per heavy atom. The molecule has 1 aromatic carbocycles. The number of aromatic nitrogens is 2. The van der Waals surface area contributed by atoms with Gasteiger partial charge in [-0.25, -0.2) is 18.4 Å². The van der Waals surface area contributed by atoms with Crippen LogP contribution in [0.15, 0.2) is 30.6 Å². The van der Waals surface area contributed by atoms with Crippen LogP contribution in [0.4, 0.5) is 11.5 Å². The number of sulfone groups is 1. The number of carbonyl (C=O) groups excluding carboxylic acids is 1. The maximum absolute atomic E-state index is 12.5. The standard InChI is InChI=1S/C17H19ClN4O3S/c1-11-3-4-12(7-14(11)18)21-16-9-19-15(8-20-16)17(23)22(2)13-5-6-26(24,25)10-13/h3-4,7-9,13H,5-6,10H2,1-2H3,(H,20,21). The summed E-state index contributed by atoms with van der Waals surface area (Å²) in [5.74, 6) is 0.247. The Morgan fingerprint density at radius 2 is 2.08 bits per heavy atom. The van der Waals surface area contributed by atoms with Gasteiger partial charge in [0.2, 0.25) is 0 Å². The van der Waals surface area contributed by atoms with Crippen LogP contribution < -0.4 is 5.32 Å². The highest BCUT2D eigenvalue weighted by molar-refractivity contribution is 7.91. The van der Waals surface area contributed by atoms with Crippen molar-refractivity contribution in [3.05, 3.63) is 46.9 Å². The summed E-state index contributed by atoms with van der Waals surface area (Å²) in [6.07, 6.45) is 3.28. The van der Waals surface area contributed by atoms with Crippen LogP contribution >= 0.6 is 11.6 Å². The highest BCUT2D eigenvalue weighted by Crippen LogP contribution is 2.22. The molecule has 1 saturated heterocycles. The van der Waals surface area contributed by atoms with Crippen molar-refractivity contribution in [2.24, 2.45) is 0 Å². The van der Waals surface area contributed by atoms with E-state index in [1.54, 1.807) is 13.1 Å². The molecule has 1 N–H and O–H groups in total. The van der Waals surface area contributed by atoms with Crippen molar-refractivity contribution >= 4 is 38.9 Å². The van der Waals surface area contributed by atoms with Gasteiger partial charge in [0.1, 0.15) is 11.5 Å². The second kappa shape index (κ2) is 7.20. The van der Waals surface area contributed by atoms with Crippen LogP contribution in [0.3, 0.4) is 0 Å². The number of nitrogens with one attached hydrogen (secondary N) is 1. The molecule has 1 amide bonds. The lowest BCUT2D eigenvalue weighted by Crippen LogP contribution is -2.38. The lowest BCUT2D eigenvalue weighted by Gasteiger charge is -2.22. The number of carbonyl (C=O) groups is 1. The number of amides is 1. The topological polar surface area (TPSA) is 92.3 Å². The third-order valence-electron chi connectivity index (χ3n) is 4.39. The molecule has 2 heterocycles. The van der Waals surface area contributed by atoms with E-state index in [9.17, 15) is 13.2 Å². The quantitative estimate of drug-likeness (QED) is 0.856. The molecule has 0 aliphatic carbocycles. The van der Waals surface area contributed by atoms with Gasteiger partial charge in [-0.2, -0.15) is 0 Å². The minimum absolute atomic E-state index is 0.00348. The summed E-state index contributed by atoms with van der Waals surface area (Å²) in [4.78, 5) is 22.3. The maximum atomic E-state index is 12.5. The molecule has 0 radical (unpaired) electrons. The second-order valence-corrected chi connectivity index (χ2v) is 8.98. The molecule has 26 heavy (non-hydrogen) atoms. The molecule has 2 aromatic rings. The minimum atomic E-state index is -3.05. The largest absolute Gasteiger partial charge is 0.339 e. The summed E-state index contributed by atoms with van der Waals surface area (Å²) in [6.45, 7) is 1.92. The van der Waals surface area contributed by atoms with E-state index in [0.717, 1.165) is 11.3 Å². The van der Waals surface area contributed by atoms with Crippen LogP contribution in [0.1, 0.15) is 22.5 Å². The molecular weight excluding hydrogens is 376 g/mol. The Morgan fingerprint density at radius 1 is 1.31 bits per heavy atom. The zero-order valence-corrected chi connectivity index (χ0v) is 16.0. The first-order valence-electron chi connectivity index (χ1n) is 8.08. The monoisotopic (exact) mass is 394 g/mol. The van der Waals surface area contributed by atoms with Crippen LogP contribution in [0.5, 0.6) is 0 Å². The summed E-state index contributed by atoms with van der Waals surface area (Å²) in [5, 5.41) is 3.71. The van der Waals surface area contributed by atoms with Gasteiger partial charge in [-0.3, -0.25) is 4.79 Å². The van der Waals surface area contributed by atoms with E-state index in [4.69, 9.17) is 11.6 Å². The van der Waals surface area contributed by atoms with Crippen LogP contribution in [0, 0.1) is 6.92 Å². The van der Waals surface area contributed by atoms with Crippen LogP contribution in [-0.4, -0.2) is 53.8 Å². The SMILES string of the molecule is Cc1ccc(Nc2cnc(C(=O)N(C)C3CCS(=O)(=O)C3)cn2)cc1Cl. The van der Waals surface area contributed by atoms with E-state index in [-0.39, 0.29) is 29.1 Å². The summed E-state index contributed by atoms with van der Waals surface area (Å²) in [7, 11) is -1.46. The molecule has 0 spiro atoms. The Labute approximate surface area is 157 Å². The molecule has 1 unspecified atom stereocenters. The first-order valence-corrected chi connectivity index (χ1v) is 10.3. The molecule has 1 aliphatic rings. The van der Waals surface area contributed by atoms with Gasteiger partial charge in [0.05, 0.1) is 23.9 Å². The number of aryl methyl sites for hydroxylation is 1. The van der Waals surface area contributed by atoms with Gasteiger partial charge in [0.15, 0.2) is 9.84 Å². The molecule has 1 aliphatic heterocycles. The van der Waals surface area contributed by atoms with E-state index in [2.05, 4.69) is 15.3 Å². The number of nitrogens with zero attached hydrogens (tertiary/aromatic N) is 3. The fourth-order valence-electron chi connectivity index (χ4n) is 2.75. The van der Waals surface area contributed by atoms with Crippen molar-refractivity contribution in [2.75, 3.05) is 23.9 Å². The van der Waals surface area contributed by atoms with Gasteiger partial charge in [0, 0.05) is 23.8 Å². The van der Waals surface area contributed by atoms with E-state index in [1.807, 2.05) is 19.1 Å². The van der Waals surface area contributed by atoms with Crippen molar-refractivity contribution in [2.45, 2.75) is 19.4 Å². The number of hydrogen-bond acceptors (Lipinski definition) is 6. The number of benzene rings is 1. The average Bonchev–Trinajstić information content (AvgIpc) is 2.97. The number of rotatable bonds is 4. The van der Waals surface area contributed by atoms with Crippen molar-refractivity contribution in [3.63, 3.8) is 0 Å². The van der Waals surface area contributed by atoms with Crippen molar-refractivity contribution in [3.8, 4) is 0 Å². The lowest BCUT2D eigenvalue weighted by molar-refractivity contribution is 0.0741. The minimum Gasteiger partial charge on any atom is -0.339 e. The van der Waals surface area contributed by atoms with Crippen molar-refractivity contribution in [1.29, 1.82) is 0 Å². The first-order chi connectivity index (χ1) is 12.2. The van der Waals surface area contributed by atoms with Gasteiger partial charge in [-0.05, 0) is 31.0 Å². The molecule has 9 heteroatoms. The second-order valence-electron chi connectivity index (χ2n) is 6.35. The zero-order valence-electron chi connectivity index (χ0n) is 14.4. The van der Waals surface area contributed by atoms with E-state index >= 15 is 0 Å². The molecule has 1 atom stereocenters. The van der Waals surface area contributed by atoms with Crippen LogP contribution in [0.2, 0.25) is 5.02 Å². The third kappa shape index (κ3) is 4.13. The highest BCUT2D eigenvalue weighted by Gasteiger charge is 2.33. The van der Waals surface area contributed by atoms with E-state index < -0.39 is 9.84 Å². The average molecular weight is 395 g/mol. The van der Waals surface area contributed by atoms with Gasteiger partial charge in [0.25, 0.3) is 5.91 Å². The molecule has 7 nitrogen and oxygen atoms in total. The molecule has 138 valence electrons. The summed E-state index contributed by atoms with van der Waals surface area (Å²) in [6, 6.07) is 5.23. The number of anilines is 2. The Kier molecular flexibility index (Phi) is 5.15. The predicted octanol–water partition coefficient (Wildman–Crippen LogP) is 2.44. The Bertz CT molecular complexity index is 932. The van der Waals surface area contributed by atoms with Crippen LogP contribution in [0.25, 0.3) is 0 Å². The number of halogens is 1. The smallest absolute Gasteiger partial charge is 0.274 e. The maximum Gasteiger partial charge on any atom is 0.274 e. The molecule has 1 fully saturated rings. The summed E-state index contributed by atoms with van der Waals surface area (Å²) >= 11 is 6.09. The van der Waals surface area contributed by atoms with Crippen molar-refractivity contribution < 1.29 is 13.2 Å². The summed E-state index contributed by atoms with van der Waals surface area (Å²) < 4.78 is 23.2. The Hall–Kier alpha value is -2.19. The van der Waals surface area contributed by atoms with Crippen LogP contribution in [-0.2, 0) is 9.84 Å². The predicted molar refractivity (Wildman–Crippen MR) is 101 cm³/mol. The summed E-state index contributed by atoms with van der Waals surface area (Å²) in [5.41, 5.74) is 1.91. The zero-order chi connectivity index (χ0) is 18.9. The van der Waals surface area contributed by atoms with Gasteiger partial charge in [-0.1, -0.05) is 17.7 Å². The molecule has 3 rings (SSSR count). The molecule has 1 aromatic heterocycles. The third-order valence-corrected chi connectivity index (χ3v) is 6.55. The number of hydrogen-bond donors (Lipinski definition) is 1. The molecule has 0 bridgehead atoms. The van der Waals surface area contributed by atoms with E-state index in [1.165, 1.54) is 17.3 Å². The Balaban J connectivity index is 1.68. The fourth-order valence-corrected chi connectivity index (χ4v) is 4.70. The van der Waals surface area contributed by atoms with E-state index in [0.29, 0.717) is 17.3 Å². The molecular formula is C17H19ClN4O3S. The van der Waals surface area contributed by atoms with Crippen molar-refractivity contribution in [1.82, 2.24) is 14.9 Å². The fraction of sp³-hybridized carbons (Fsp3) is 0.353. The van der Waals surface area contributed by atoms with Gasteiger partial charge >= 0.3 is 0 Å². The van der Waals surface area contributed by atoms with Gasteiger partial charge < -0.3 is 10.2 Å². The molecule has 0 saturated carbocycles. The van der Waals surface area contributed by atoms with Gasteiger partial charge in [-0.15, -0.1) is 0 Å². The first kappa shape index (κ1) is 18.6. The normalized spacial score (nSPS) is 18.5. The lowest BCUT2D eigenvalue weighted by atomic mass is 10.2. The highest BCUT2D eigenvalue weighted by atomic mass is 35.5.